The molecule has 0 saturated heterocycles. The van der Waals surface area contributed by atoms with Gasteiger partial charge in [0.2, 0.25) is 0 Å². The van der Waals surface area contributed by atoms with E-state index in [0.29, 0.717) is 0 Å². The monoisotopic (exact) mass is 388 g/mol. The van der Waals surface area contributed by atoms with E-state index in [4.69, 9.17) is 0 Å². The summed E-state index contributed by atoms with van der Waals surface area (Å²) in [6, 6.07) is 16.8. The van der Waals surface area contributed by atoms with E-state index < -0.39 is 0 Å². The molecule has 0 unspecified atom stereocenters. The van der Waals surface area contributed by atoms with Crippen molar-refractivity contribution in [3.63, 3.8) is 0 Å². The van der Waals surface area contributed by atoms with Crippen LogP contribution in [0.25, 0.3) is 0 Å². The zero-order valence-electron chi connectivity index (χ0n) is 15.4. The minimum Gasteiger partial charge on any atom is -0.540 e. The molecule has 0 atom stereocenters. The second-order valence-corrected chi connectivity index (χ2v) is 5.04. The largest absolute Gasteiger partial charge is 3.00 e. The molecule has 0 aliphatic rings. The summed E-state index contributed by atoms with van der Waals surface area (Å²) in [5.74, 6) is 0. The van der Waals surface area contributed by atoms with Gasteiger partial charge in [0.05, 0.1) is 0 Å². The van der Waals surface area contributed by atoms with Crippen LogP contribution in [0.1, 0.15) is 38.3 Å². The standard InChI is InChI=1S/2C7H9.C6H13N2.Y/c2*1-2-7-5-3-4-6-7;1-4-5-8(3)6-7-2;/h2*3-6H,2H2,1H3;4-5H2,1-3H3;/q3*-1;+3. The molecule has 0 heterocycles. The van der Waals surface area contributed by atoms with E-state index in [1.807, 2.05) is 11.9 Å². The van der Waals surface area contributed by atoms with E-state index in [0.717, 1.165) is 25.8 Å². The molecule has 23 heavy (non-hydrogen) atoms. The van der Waals surface area contributed by atoms with Crippen LogP contribution < -0.4 is 0 Å². The van der Waals surface area contributed by atoms with Gasteiger partial charge in [0, 0.05) is 0 Å². The van der Waals surface area contributed by atoms with Crippen molar-refractivity contribution in [1.82, 2.24) is 4.90 Å². The molecule has 0 fully saturated rings. The van der Waals surface area contributed by atoms with Crippen LogP contribution in [0, 0.1) is 0 Å². The zero-order valence-corrected chi connectivity index (χ0v) is 18.3. The zero-order chi connectivity index (χ0) is 16.6. The van der Waals surface area contributed by atoms with Gasteiger partial charge in [-0.25, -0.2) is 24.3 Å². The molecule has 2 nitrogen and oxygen atoms in total. The molecule has 124 valence electrons. The molecular formula is C20H31N2Y. The predicted molar refractivity (Wildman–Crippen MR) is 99.1 cm³/mol. The summed E-state index contributed by atoms with van der Waals surface area (Å²) in [4.78, 5) is 5.67. The summed E-state index contributed by atoms with van der Waals surface area (Å²) < 4.78 is 0. The Bertz CT molecular complexity index is 410. The normalized spacial score (nSPS) is 9.26. The summed E-state index contributed by atoms with van der Waals surface area (Å²) in [6.45, 7) is 7.50. The average Bonchev–Trinajstić information content (AvgIpc) is 3.22. The molecule has 0 aliphatic heterocycles. The molecule has 0 aliphatic carbocycles. The van der Waals surface area contributed by atoms with Gasteiger partial charge in [-0.15, -0.1) is 0 Å². The first kappa shape index (κ1) is 24.5. The molecule has 0 radical (unpaired) electrons. The minimum atomic E-state index is 0. The topological polar surface area (TPSA) is 15.6 Å². The van der Waals surface area contributed by atoms with E-state index in [2.05, 4.69) is 80.6 Å². The molecule has 3 heteroatoms. The molecule has 0 amide bonds. The van der Waals surface area contributed by atoms with Crippen molar-refractivity contribution in [1.29, 1.82) is 0 Å². The van der Waals surface area contributed by atoms with Gasteiger partial charge in [0.1, 0.15) is 0 Å². The Balaban J connectivity index is 0. The van der Waals surface area contributed by atoms with Crippen molar-refractivity contribution in [2.75, 3.05) is 20.6 Å². The van der Waals surface area contributed by atoms with Gasteiger partial charge in [0.15, 0.2) is 0 Å². The fourth-order valence-corrected chi connectivity index (χ4v) is 1.86. The van der Waals surface area contributed by atoms with Crippen LogP contribution in [0.15, 0.2) is 53.5 Å². The minimum absolute atomic E-state index is 0. The van der Waals surface area contributed by atoms with Gasteiger partial charge in [-0.05, 0) is 27.1 Å². The third kappa shape index (κ3) is 14.6. The Kier molecular flexibility index (Phi) is 18.8. The predicted octanol–water partition coefficient (Wildman–Crippen LogP) is 4.80. The van der Waals surface area contributed by atoms with Crippen LogP contribution in [-0.4, -0.2) is 31.9 Å². The first-order valence-electron chi connectivity index (χ1n) is 8.14. The van der Waals surface area contributed by atoms with Crippen molar-refractivity contribution in [2.24, 2.45) is 4.99 Å². The number of aryl methyl sites for hydroxylation is 2. The summed E-state index contributed by atoms with van der Waals surface area (Å²) in [6.07, 6.45) is 6.28. The maximum Gasteiger partial charge on any atom is 3.00 e. The second-order valence-electron chi connectivity index (χ2n) is 5.04. The van der Waals surface area contributed by atoms with Gasteiger partial charge in [-0.2, -0.15) is 35.4 Å². The fourth-order valence-electron chi connectivity index (χ4n) is 1.86. The molecule has 0 bridgehead atoms. The number of aliphatic imine (C=N–C) groups is 1. The Morgan fingerprint density at radius 3 is 1.48 bits per heavy atom. The second kappa shape index (κ2) is 17.6. The van der Waals surface area contributed by atoms with Gasteiger partial charge in [-0.3, -0.25) is 6.34 Å². The average molecular weight is 388 g/mol. The molecular weight excluding hydrogens is 357 g/mol. The van der Waals surface area contributed by atoms with Crippen molar-refractivity contribution in [3.8, 4) is 0 Å². The maximum absolute atomic E-state index is 3.73. The van der Waals surface area contributed by atoms with Crippen LogP contribution >= 0.6 is 0 Å². The Hall–Kier alpha value is -0.726. The van der Waals surface area contributed by atoms with Gasteiger partial charge < -0.3 is 9.89 Å². The number of hydrogen-bond donors (Lipinski definition) is 0. The Morgan fingerprint density at radius 1 is 0.870 bits per heavy atom. The molecule has 0 N–H and O–H groups in total. The van der Waals surface area contributed by atoms with Crippen molar-refractivity contribution in [2.45, 2.75) is 40.0 Å². The fraction of sp³-hybridized carbons (Fsp3) is 0.450. The van der Waals surface area contributed by atoms with Crippen molar-refractivity contribution >= 4 is 6.34 Å². The van der Waals surface area contributed by atoms with Gasteiger partial charge in [0.25, 0.3) is 0 Å². The molecule has 2 rings (SSSR count). The molecule has 2 aromatic carbocycles. The molecule has 0 spiro atoms. The van der Waals surface area contributed by atoms with Gasteiger partial charge >= 0.3 is 32.7 Å². The van der Waals surface area contributed by atoms with Crippen LogP contribution in [0.5, 0.6) is 0 Å². The van der Waals surface area contributed by atoms with E-state index in [-0.39, 0.29) is 32.7 Å². The third-order valence-corrected chi connectivity index (χ3v) is 3.11. The summed E-state index contributed by atoms with van der Waals surface area (Å²) in [5, 5.41) is 0. The summed E-state index contributed by atoms with van der Waals surface area (Å²) >= 11 is 0. The first-order chi connectivity index (χ1) is 10.7. The Labute approximate surface area is 168 Å². The Morgan fingerprint density at radius 2 is 1.26 bits per heavy atom. The number of rotatable bonds is 5. The van der Waals surface area contributed by atoms with E-state index in [1.54, 1.807) is 7.05 Å². The molecule has 0 aromatic heterocycles. The van der Waals surface area contributed by atoms with Crippen molar-refractivity contribution < 1.29 is 32.7 Å². The van der Waals surface area contributed by atoms with Crippen LogP contribution in [0.4, 0.5) is 0 Å². The van der Waals surface area contributed by atoms with Gasteiger partial charge in [-0.1, -0.05) is 33.6 Å². The molecule has 0 saturated carbocycles. The van der Waals surface area contributed by atoms with E-state index >= 15 is 0 Å². The molecule has 2 aromatic rings. The number of nitrogens with zero attached hydrogens (tertiary/aromatic N) is 2. The maximum atomic E-state index is 3.73. The number of hydrogen-bond acceptors (Lipinski definition) is 1. The van der Waals surface area contributed by atoms with Crippen molar-refractivity contribution in [3.05, 3.63) is 59.7 Å². The summed E-state index contributed by atoms with van der Waals surface area (Å²) in [5.41, 5.74) is 2.86. The van der Waals surface area contributed by atoms with Crippen LogP contribution in [-0.2, 0) is 45.6 Å². The van der Waals surface area contributed by atoms with E-state index in [1.165, 1.54) is 11.1 Å². The third-order valence-electron chi connectivity index (χ3n) is 3.11. The summed E-state index contributed by atoms with van der Waals surface area (Å²) in [7, 11) is 3.70. The smallest absolute Gasteiger partial charge is 0.540 e. The quantitative estimate of drug-likeness (QED) is 0.311. The van der Waals surface area contributed by atoms with Crippen LogP contribution in [0.3, 0.4) is 0 Å². The SMILES string of the molecule is CCCN(C)[C-]=NC.CC[c-]1cccc1.CC[c-]1cccc1.[Y+3]. The van der Waals surface area contributed by atoms with Crippen LogP contribution in [0.2, 0.25) is 0 Å². The van der Waals surface area contributed by atoms with E-state index in [9.17, 15) is 0 Å². The first-order valence-corrected chi connectivity index (χ1v) is 8.14.